The Morgan fingerprint density at radius 2 is 1.88 bits per heavy atom. The van der Waals surface area contributed by atoms with Crippen molar-refractivity contribution in [3.8, 4) is 11.8 Å². The van der Waals surface area contributed by atoms with Crippen molar-refractivity contribution in [1.82, 2.24) is 14.8 Å². The average molecular weight is 538 g/mol. The molecule has 1 fully saturated rings. The van der Waals surface area contributed by atoms with Gasteiger partial charge in [0.15, 0.2) is 0 Å². The van der Waals surface area contributed by atoms with Crippen LogP contribution in [0.15, 0.2) is 11.0 Å². The van der Waals surface area contributed by atoms with Crippen LogP contribution < -0.4 is 11.4 Å². The number of alkyl halides is 1. The third-order valence-corrected chi connectivity index (χ3v) is 7.77. The van der Waals surface area contributed by atoms with Crippen LogP contribution in [0.2, 0.25) is 0 Å². The van der Waals surface area contributed by atoms with Crippen molar-refractivity contribution < 1.29 is 60.6 Å². The van der Waals surface area contributed by atoms with Crippen molar-refractivity contribution >= 4 is 29.3 Å². The van der Waals surface area contributed by atoms with E-state index in [9.17, 15) is 33.4 Å². The molecule has 186 valence electrons. The topological polar surface area (TPSA) is 263 Å². The molecule has 0 saturated carbocycles. The van der Waals surface area contributed by atoms with E-state index in [0.717, 1.165) is 13.1 Å². The highest BCUT2D eigenvalue weighted by Crippen LogP contribution is 2.66. The largest absolute Gasteiger partial charge is 0.490 e. The number of hydrogen-bond donors (Lipinski definition) is 6. The SMILES string of the molecule is CC#CC1(F)[C@@H](O)[C@@H]([C@H](C)OP(=O)(O)OP(=O)(O)OP(=O)(O)O)O[C@H]1n1ncc(N)nc1=O. The standard InChI is InChI=1S/C12H18FN4O13P3/c1-3-4-12(13)9(18)8(27-10(12)17-11(19)16-7(14)5-15-17)6(2)28-32(23,24)30-33(25,26)29-31(20,21)22/h5-6,8-10,18H,1-2H3,(H,23,24)(H,25,26)(H2,14,16,19)(H2,20,21,22)/t6-,8+,9-,10+,12?/m0/s1. The van der Waals surface area contributed by atoms with Crippen LogP contribution in [0.5, 0.6) is 0 Å². The Kier molecular flexibility index (Phi) is 8.04. The molecule has 0 bridgehead atoms. The second-order valence-electron chi connectivity index (χ2n) is 6.35. The normalized spacial score (nSPS) is 30.0. The Morgan fingerprint density at radius 1 is 1.27 bits per heavy atom. The van der Waals surface area contributed by atoms with E-state index < -0.39 is 59.4 Å². The maximum atomic E-state index is 15.6. The Bertz CT molecular complexity index is 1160. The molecule has 0 amide bonds. The lowest BCUT2D eigenvalue weighted by Gasteiger charge is -2.25. The number of nitrogen functional groups attached to an aromatic ring is 1. The summed E-state index contributed by atoms with van der Waals surface area (Å²) in [6.07, 6.45) is -7.10. The summed E-state index contributed by atoms with van der Waals surface area (Å²) in [5.74, 6) is 3.89. The quantitative estimate of drug-likeness (QED) is 0.170. The molecular formula is C12H18FN4O13P3. The van der Waals surface area contributed by atoms with Gasteiger partial charge in [0.25, 0.3) is 0 Å². The van der Waals surface area contributed by atoms with Gasteiger partial charge in [-0.15, -0.1) is 5.92 Å². The number of hydrogen-bond acceptors (Lipinski definition) is 12. The number of anilines is 1. The summed E-state index contributed by atoms with van der Waals surface area (Å²) in [5.41, 5.74) is 1.11. The van der Waals surface area contributed by atoms with Crippen LogP contribution in [0.4, 0.5) is 10.2 Å². The number of nitrogens with two attached hydrogens (primary N) is 1. The predicted octanol–water partition coefficient (Wildman–Crippen LogP) is -1.06. The summed E-state index contributed by atoms with van der Waals surface area (Å²) in [6, 6.07) is 0. The monoisotopic (exact) mass is 538 g/mol. The number of aromatic nitrogens is 3. The summed E-state index contributed by atoms with van der Waals surface area (Å²) < 4.78 is 67.0. The van der Waals surface area contributed by atoms with Crippen molar-refractivity contribution in [3.63, 3.8) is 0 Å². The molecule has 17 nitrogen and oxygen atoms in total. The Balaban J connectivity index is 2.31. The number of rotatable bonds is 8. The van der Waals surface area contributed by atoms with E-state index in [2.05, 4.69) is 29.1 Å². The molecule has 1 aromatic heterocycles. The Labute approximate surface area is 183 Å². The van der Waals surface area contributed by atoms with Gasteiger partial charge in [0, 0.05) is 0 Å². The maximum absolute atomic E-state index is 15.6. The van der Waals surface area contributed by atoms with Gasteiger partial charge in [0.1, 0.15) is 18.0 Å². The van der Waals surface area contributed by atoms with E-state index in [1.54, 1.807) is 0 Å². The molecule has 0 aliphatic carbocycles. The van der Waals surface area contributed by atoms with Gasteiger partial charge < -0.3 is 35.2 Å². The van der Waals surface area contributed by atoms with Crippen LogP contribution in [0.25, 0.3) is 0 Å². The first-order valence-electron chi connectivity index (χ1n) is 8.40. The van der Waals surface area contributed by atoms with Crippen LogP contribution in [-0.4, -0.2) is 63.4 Å². The molecule has 7 atom stereocenters. The van der Waals surface area contributed by atoms with Gasteiger partial charge in [0.2, 0.25) is 11.9 Å². The molecule has 1 aliphatic rings. The number of halogens is 1. The Hall–Kier alpha value is -1.57. The van der Waals surface area contributed by atoms with Crippen molar-refractivity contribution in [2.24, 2.45) is 0 Å². The van der Waals surface area contributed by atoms with E-state index in [1.165, 1.54) is 6.92 Å². The van der Waals surface area contributed by atoms with Crippen LogP contribution in [0.1, 0.15) is 20.1 Å². The average Bonchev–Trinajstić information content (AvgIpc) is 2.83. The van der Waals surface area contributed by atoms with E-state index in [4.69, 9.17) is 20.3 Å². The predicted molar refractivity (Wildman–Crippen MR) is 102 cm³/mol. The summed E-state index contributed by atoms with van der Waals surface area (Å²) in [5, 5.41) is 14.0. The summed E-state index contributed by atoms with van der Waals surface area (Å²) in [7, 11) is -17.1. The lowest BCUT2D eigenvalue weighted by atomic mass is 9.94. The number of aliphatic hydroxyl groups is 1. The van der Waals surface area contributed by atoms with E-state index in [-0.39, 0.29) is 5.82 Å². The minimum Gasteiger partial charge on any atom is -0.386 e. The zero-order chi connectivity index (χ0) is 25.4. The molecule has 2 rings (SSSR count). The summed E-state index contributed by atoms with van der Waals surface area (Å²) in [4.78, 5) is 51.3. The number of phosphoric ester groups is 1. The van der Waals surface area contributed by atoms with E-state index >= 15 is 4.39 Å². The summed E-state index contributed by atoms with van der Waals surface area (Å²) in [6.45, 7) is 2.14. The van der Waals surface area contributed by atoms with Gasteiger partial charge in [-0.1, -0.05) is 5.92 Å². The molecule has 33 heavy (non-hydrogen) atoms. The van der Waals surface area contributed by atoms with Crippen LogP contribution in [0.3, 0.4) is 0 Å². The lowest BCUT2D eigenvalue weighted by Crippen LogP contribution is -2.46. The highest BCUT2D eigenvalue weighted by molar-refractivity contribution is 7.66. The van der Waals surface area contributed by atoms with Crippen LogP contribution >= 0.6 is 23.5 Å². The first-order chi connectivity index (χ1) is 14.9. The molecule has 21 heteroatoms. The van der Waals surface area contributed by atoms with Gasteiger partial charge in [-0.2, -0.15) is 23.4 Å². The number of aliphatic hydroxyl groups excluding tert-OH is 1. The molecular weight excluding hydrogens is 520 g/mol. The third kappa shape index (κ3) is 6.74. The van der Waals surface area contributed by atoms with Gasteiger partial charge in [-0.05, 0) is 13.8 Å². The van der Waals surface area contributed by atoms with Crippen molar-refractivity contribution in [2.45, 2.75) is 44.1 Å². The molecule has 1 aromatic rings. The molecule has 3 unspecified atom stereocenters. The minimum absolute atomic E-state index is 0.307. The second-order valence-corrected chi connectivity index (χ2v) is 10.7. The molecule has 1 aliphatic heterocycles. The van der Waals surface area contributed by atoms with Gasteiger partial charge >= 0.3 is 29.2 Å². The fraction of sp³-hybridized carbons (Fsp3) is 0.583. The second kappa shape index (κ2) is 9.59. The minimum atomic E-state index is -5.82. The van der Waals surface area contributed by atoms with E-state index in [1.807, 2.05) is 5.92 Å². The Morgan fingerprint density at radius 3 is 2.39 bits per heavy atom. The van der Waals surface area contributed by atoms with Gasteiger partial charge in [0.05, 0.1) is 12.3 Å². The molecule has 7 N–H and O–H groups in total. The van der Waals surface area contributed by atoms with E-state index in [0.29, 0.717) is 4.68 Å². The fourth-order valence-corrected chi connectivity index (χ4v) is 5.93. The summed E-state index contributed by atoms with van der Waals surface area (Å²) >= 11 is 0. The first-order valence-corrected chi connectivity index (χ1v) is 12.9. The number of ether oxygens (including phenoxy) is 1. The first kappa shape index (κ1) is 27.7. The zero-order valence-corrected chi connectivity index (χ0v) is 19.2. The molecule has 0 aromatic carbocycles. The van der Waals surface area contributed by atoms with Crippen molar-refractivity contribution in [3.05, 3.63) is 16.7 Å². The molecule has 1 saturated heterocycles. The number of phosphoric acid groups is 3. The van der Waals surface area contributed by atoms with Crippen LogP contribution in [-0.2, 0) is 31.6 Å². The molecule has 0 radical (unpaired) electrons. The highest BCUT2D eigenvalue weighted by Gasteiger charge is 2.60. The fourth-order valence-electron chi connectivity index (χ4n) is 2.73. The zero-order valence-electron chi connectivity index (χ0n) is 16.5. The number of nitrogens with zero attached hydrogens (tertiary/aromatic N) is 3. The molecule has 0 spiro atoms. The van der Waals surface area contributed by atoms with Crippen LogP contribution in [0, 0.1) is 11.8 Å². The van der Waals surface area contributed by atoms with Gasteiger partial charge in [-0.3, -0.25) is 4.52 Å². The smallest absolute Gasteiger partial charge is 0.386 e. The van der Waals surface area contributed by atoms with Crippen molar-refractivity contribution in [2.75, 3.05) is 5.73 Å². The molecule has 2 heterocycles. The third-order valence-electron chi connectivity index (χ3n) is 3.84. The lowest BCUT2D eigenvalue weighted by molar-refractivity contribution is -0.0827. The maximum Gasteiger partial charge on any atom is 0.490 e. The van der Waals surface area contributed by atoms with Crippen molar-refractivity contribution in [1.29, 1.82) is 0 Å². The van der Waals surface area contributed by atoms with Gasteiger partial charge in [-0.25, -0.2) is 22.9 Å². The highest BCUT2D eigenvalue weighted by atomic mass is 31.3.